The summed E-state index contributed by atoms with van der Waals surface area (Å²) in [5, 5.41) is 0. The number of ether oxygens (including phenoxy) is 1. The van der Waals surface area contributed by atoms with E-state index in [9.17, 15) is 14.4 Å². The number of nitrogens with one attached hydrogen (secondary N) is 1. The molecule has 1 N–H and O–H groups in total. The highest BCUT2D eigenvalue weighted by atomic mass is 16.5. The summed E-state index contributed by atoms with van der Waals surface area (Å²) in [7, 11) is 2.13. The van der Waals surface area contributed by atoms with Crippen molar-refractivity contribution < 1.29 is 14.3 Å². The van der Waals surface area contributed by atoms with Crippen molar-refractivity contribution in [1.29, 1.82) is 0 Å². The number of ketones is 1. The Balaban J connectivity index is 1.53. The molecule has 0 atom stereocenters. The maximum absolute atomic E-state index is 14.1. The van der Waals surface area contributed by atoms with Crippen LogP contribution in [-0.2, 0) is 22.4 Å². The lowest BCUT2D eigenvalue weighted by atomic mass is 9.91. The topological polar surface area (TPSA) is 98.8 Å². The second kappa shape index (κ2) is 15.0. The number of Topliss-reactive ketones (excluding diaryl/α,β-unsaturated/α-hetero) is 1. The molecule has 0 spiro atoms. The third kappa shape index (κ3) is 7.48. The van der Waals surface area contributed by atoms with E-state index >= 15 is 0 Å². The van der Waals surface area contributed by atoms with E-state index < -0.39 is 0 Å². The van der Waals surface area contributed by atoms with Crippen molar-refractivity contribution >= 4 is 23.2 Å². The minimum atomic E-state index is -0.204. The molecule has 0 radical (unpaired) electrons. The van der Waals surface area contributed by atoms with E-state index in [4.69, 9.17) is 9.72 Å². The van der Waals surface area contributed by atoms with Crippen LogP contribution in [0.4, 0.5) is 11.5 Å². The van der Waals surface area contributed by atoms with Gasteiger partial charge in [0.1, 0.15) is 5.82 Å². The zero-order chi connectivity index (χ0) is 32.8. The largest absolute Gasteiger partial charge is 0.381 e. The molecule has 2 aromatic heterocycles. The van der Waals surface area contributed by atoms with Gasteiger partial charge in [0.25, 0.3) is 11.5 Å². The van der Waals surface area contributed by atoms with Crippen LogP contribution in [0.15, 0.2) is 54.0 Å². The van der Waals surface area contributed by atoms with Crippen LogP contribution in [0.3, 0.4) is 0 Å². The van der Waals surface area contributed by atoms with Crippen molar-refractivity contribution in [3.63, 3.8) is 0 Å². The van der Waals surface area contributed by atoms with Crippen LogP contribution < -0.4 is 15.4 Å². The van der Waals surface area contributed by atoms with Crippen LogP contribution in [0, 0.1) is 13.8 Å². The molecule has 0 bridgehead atoms. The van der Waals surface area contributed by atoms with Gasteiger partial charge < -0.3 is 24.4 Å². The summed E-state index contributed by atoms with van der Waals surface area (Å²) in [4.78, 5) is 54.5. The predicted molar refractivity (Wildman–Crippen MR) is 184 cm³/mol. The van der Waals surface area contributed by atoms with Crippen LogP contribution in [0.5, 0.6) is 0 Å². The molecule has 244 valence electrons. The van der Waals surface area contributed by atoms with Gasteiger partial charge in [0.2, 0.25) is 0 Å². The number of piperazine rings is 1. The molecule has 1 amide bonds. The Morgan fingerprint density at radius 2 is 1.80 bits per heavy atom. The molecule has 0 unspecified atom stereocenters. The quantitative estimate of drug-likeness (QED) is 0.229. The first kappa shape index (κ1) is 33.3. The molecule has 3 aromatic rings. The fourth-order valence-corrected chi connectivity index (χ4v) is 6.65. The Morgan fingerprint density at radius 1 is 1.07 bits per heavy atom. The number of amides is 1. The van der Waals surface area contributed by atoms with Gasteiger partial charge in [-0.15, -0.1) is 0 Å². The van der Waals surface area contributed by atoms with E-state index in [2.05, 4.69) is 35.3 Å². The summed E-state index contributed by atoms with van der Waals surface area (Å²) >= 11 is 0. The number of carbonyl (C=O) groups is 2. The van der Waals surface area contributed by atoms with E-state index in [1.807, 2.05) is 50.4 Å². The number of benzene rings is 1. The van der Waals surface area contributed by atoms with Crippen LogP contribution in [0.25, 0.3) is 11.1 Å². The number of aryl methyl sites for hydroxylation is 2. The summed E-state index contributed by atoms with van der Waals surface area (Å²) in [6.07, 6.45) is 6.82. The number of anilines is 2. The first-order chi connectivity index (χ1) is 22.2. The summed E-state index contributed by atoms with van der Waals surface area (Å²) in [5.74, 6) is 0.657. The Morgan fingerprint density at radius 3 is 2.46 bits per heavy atom. The lowest BCUT2D eigenvalue weighted by Crippen LogP contribution is -2.44. The first-order valence-electron chi connectivity index (χ1n) is 16.5. The first-order valence-corrected chi connectivity index (χ1v) is 16.5. The normalized spacial score (nSPS) is 16.0. The molecule has 0 saturated carbocycles. The highest BCUT2D eigenvalue weighted by molar-refractivity contribution is 6.06. The summed E-state index contributed by atoms with van der Waals surface area (Å²) in [6, 6.07) is 9.93. The second-order valence-electron chi connectivity index (χ2n) is 12.6. The average molecular weight is 626 g/mol. The molecule has 9 nitrogen and oxygen atoms in total. The monoisotopic (exact) mass is 625 g/mol. The number of carbonyl (C=O) groups excluding carboxylic acids is 2. The van der Waals surface area contributed by atoms with E-state index in [-0.39, 0.29) is 29.7 Å². The minimum absolute atomic E-state index is 0.0666. The number of aromatic nitrogens is 2. The van der Waals surface area contributed by atoms with E-state index in [1.54, 1.807) is 4.90 Å². The van der Waals surface area contributed by atoms with Crippen molar-refractivity contribution in [2.24, 2.45) is 0 Å². The molecule has 2 aliphatic rings. The van der Waals surface area contributed by atoms with Gasteiger partial charge in [-0.2, -0.15) is 0 Å². The molecule has 1 aromatic carbocycles. The Kier molecular flexibility index (Phi) is 10.9. The van der Waals surface area contributed by atoms with E-state index in [1.165, 1.54) is 6.08 Å². The number of hydrogen-bond acceptors (Lipinski definition) is 7. The van der Waals surface area contributed by atoms with Crippen molar-refractivity contribution in [2.75, 3.05) is 56.2 Å². The van der Waals surface area contributed by atoms with E-state index in [0.717, 1.165) is 72.8 Å². The lowest BCUT2D eigenvalue weighted by molar-refractivity contribution is -0.115. The van der Waals surface area contributed by atoms with Gasteiger partial charge >= 0.3 is 0 Å². The number of nitrogens with zero attached hydrogens (tertiary/aromatic N) is 4. The molecule has 2 saturated heterocycles. The third-order valence-corrected chi connectivity index (χ3v) is 9.30. The minimum Gasteiger partial charge on any atom is -0.381 e. The zero-order valence-corrected chi connectivity index (χ0v) is 27.7. The molecule has 46 heavy (non-hydrogen) atoms. The molecule has 9 heteroatoms. The number of H-pyrrole nitrogens is 1. The summed E-state index contributed by atoms with van der Waals surface area (Å²) in [6.45, 7) is 14.6. The highest BCUT2D eigenvalue weighted by Crippen LogP contribution is 2.35. The average Bonchev–Trinajstić information content (AvgIpc) is 3.06. The fourth-order valence-electron chi connectivity index (χ4n) is 6.65. The second-order valence-corrected chi connectivity index (χ2v) is 12.6. The molecule has 2 fully saturated rings. The van der Waals surface area contributed by atoms with Gasteiger partial charge in [0.15, 0.2) is 5.78 Å². The lowest BCUT2D eigenvalue weighted by Gasteiger charge is -2.35. The molecular weight excluding hydrogens is 578 g/mol. The van der Waals surface area contributed by atoms with Crippen LogP contribution in [0.2, 0.25) is 0 Å². The summed E-state index contributed by atoms with van der Waals surface area (Å²) < 4.78 is 5.61. The molecule has 2 aliphatic heterocycles. The van der Waals surface area contributed by atoms with Crippen molar-refractivity contribution in [3.05, 3.63) is 87.5 Å². The fraction of sp³-hybridized carbons (Fsp3) is 0.459. The maximum atomic E-state index is 14.1. The predicted octanol–water partition coefficient (Wildman–Crippen LogP) is 5.27. The van der Waals surface area contributed by atoms with Gasteiger partial charge in [-0.1, -0.05) is 19.9 Å². The molecule has 0 aliphatic carbocycles. The van der Waals surface area contributed by atoms with Crippen LogP contribution in [0.1, 0.15) is 65.3 Å². The Labute approximate surface area is 272 Å². The Bertz CT molecular complexity index is 1620. The van der Waals surface area contributed by atoms with Crippen molar-refractivity contribution in [2.45, 2.75) is 65.3 Å². The van der Waals surface area contributed by atoms with Gasteiger partial charge in [0.05, 0.1) is 0 Å². The van der Waals surface area contributed by atoms with Gasteiger partial charge in [-0.25, -0.2) is 4.98 Å². The maximum Gasteiger partial charge on any atom is 0.251 e. The molecular formula is C37H47N5O4. The van der Waals surface area contributed by atoms with Gasteiger partial charge in [0, 0.05) is 86.1 Å². The van der Waals surface area contributed by atoms with Crippen molar-refractivity contribution in [3.8, 4) is 11.1 Å². The van der Waals surface area contributed by atoms with Gasteiger partial charge in [-0.05, 0) is 99.7 Å². The number of hydrogen-bond donors (Lipinski definition) is 1. The molecule has 5 rings (SSSR count). The number of pyridine rings is 2. The van der Waals surface area contributed by atoms with E-state index in [0.29, 0.717) is 49.3 Å². The number of likely N-dealkylation sites (N-methyl/N-ethyl adjacent to an activating group) is 1. The zero-order valence-electron chi connectivity index (χ0n) is 27.7. The summed E-state index contributed by atoms with van der Waals surface area (Å²) in [5.41, 5.74) is 6.03. The molecule has 4 heterocycles. The number of rotatable bonds is 11. The van der Waals surface area contributed by atoms with Gasteiger partial charge in [-0.3, -0.25) is 14.4 Å². The highest BCUT2D eigenvalue weighted by Gasteiger charge is 2.29. The van der Waals surface area contributed by atoms with Crippen molar-refractivity contribution in [1.82, 2.24) is 14.9 Å². The van der Waals surface area contributed by atoms with Crippen LogP contribution in [-0.4, -0.2) is 79.0 Å². The smallest absolute Gasteiger partial charge is 0.251 e. The SMILES string of the molecule is C=CC(=O)N(c1cc(-c2ccc(N3CCN(C)CC3)nc2)cc(C(=O)CCc2c(CCC)cc(C)[nH]c2=O)c1C)C1CCOCC1. The Hall–Kier alpha value is -4.08. The number of aromatic amines is 1. The van der Waals surface area contributed by atoms with Crippen LogP contribution >= 0.6 is 0 Å². The third-order valence-electron chi connectivity index (χ3n) is 9.30. The standard InChI is InChI=1S/C37H47N5O4/c1-6-8-27-21-25(3)39-37(45)31(27)10-11-34(43)32-22-29(28-9-12-35(38-24-28)41-17-15-40(5)16-18-41)23-33(26(32)4)42(36(44)7-2)30-13-19-46-20-14-30/h7,9,12,21-24,30H,2,6,8,10-11,13-20H2,1,3-5H3,(H,39,45).